The van der Waals surface area contributed by atoms with Gasteiger partial charge in [0.1, 0.15) is 11.6 Å². The zero-order valence-electron chi connectivity index (χ0n) is 22.4. The topological polar surface area (TPSA) is 158 Å². The lowest BCUT2D eigenvalue weighted by atomic mass is 9.93. The van der Waals surface area contributed by atoms with Crippen molar-refractivity contribution in [3.8, 4) is 0 Å². The molecule has 4 N–H and O–H groups in total. The summed E-state index contributed by atoms with van der Waals surface area (Å²) in [6.07, 6.45) is 0.00942. The van der Waals surface area contributed by atoms with E-state index >= 15 is 0 Å². The smallest absolute Gasteiger partial charge is 0.415 e. The lowest BCUT2D eigenvalue weighted by Gasteiger charge is -2.28. The number of benzene rings is 1. The highest BCUT2D eigenvalue weighted by Gasteiger charge is 2.54. The SMILES string of the molecule is CC(C)CC(NC(=O)CNC(=O)C1Cc2ccccc2N1C(=O)OC(C)(C)C)C(=O)C1(CO)CO1.CO. The number of ketones is 1. The lowest BCUT2D eigenvalue weighted by molar-refractivity contribution is -0.132. The van der Waals surface area contributed by atoms with Gasteiger partial charge in [0.2, 0.25) is 11.8 Å². The number of anilines is 1. The van der Waals surface area contributed by atoms with Gasteiger partial charge in [-0.1, -0.05) is 32.0 Å². The Balaban J connectivity index is 0.00000235. The van der Waals surface area contributed by atoms with E-state index in [9.17, 15) is 24.3 Å². The van der Waals surface area contributed by atoms with Crippen LogP contribution in [-0.2, 0) is 30.3 Å². The summed E-state index contributed by atoms with van der Waals surface area (Å²) in [7, 11) is 1.00. The fraction of sp³-hybridized carbons (Fsp3) is 0.615. The van der Waals surface area contributed by atoms with Crippen LogP contribution < -0.4 is 15.5 Å². The molecule has 206 valence electrons. The fourth-order valence-electron chi connectivity index (χ4n) is 4.08. The molecule has 2 aliphatic rings. The van der Waals surface area contributed by atoms with Crippen molar-refractivity contribution in [3.63, 3.8) is 0 Å². The summed E-state index contributed by atoms with van der Waals surface area (Å²) in [4.78, 5) is 52.7. The monoisotopic (exact) mass is 521 g/mol. The highest BCUT2D eigenvalue weighted by Crippen LogP contribution is 2.33. The zero-order chi connectivity index (χ0) is 28.0. The number of ether oxygens (including phenoxy) is 2. The third-order valence-electron chi connectivity index (χ3n) is 5.85. The Kier molecular flexibility index (Phi) is 10.2. The zero-order valence-corrected chi connectivity index (χ0v) is 22.4. The minimum atomic E-state index is -1.25. The Hall–Kier alpha value is -3.02. The average Bonchev–Trinajstić information content (AvgIpc) is 3.54. The highest BCUT2D eigenvalue weighted by atomic mass is 16.6. The van der Waals surface area contributed by atoms with E-state index in [4.69, 9.17) is 14.6 Å². The second kappa shape index (κ2) is 12.5. The van der Waals surface area contributed by atoms with Gasteiger partial charge in [-0.3, -0.25) is 19.3 Å². The molecule has 3 atom stereocenters. The number of aliphatic hydroxyl groups is 2. The number of amides is 3. The van der Waals surface area contributed by atoms with Gasteiger partial charge < -0.3 is 30.3 Å². The molecular formula is C26H39N3O8. The molecule has 2 heterocycles. The standard InChI is InChI=1S/C25H35N3O7.CH4O/c1-15(2)10-17(21(31)25(13-29)14-34-25)27-20(30)12-26-22(32)19-11-16-8-6-7-9-18(16)28(19)23(33)35-24(3,4)5;1-2/h6-9,15,17,19,29H,10-14H2,1-5H3,(H,26,32)(H,27,30);2H,1H3. The van der Waals surface area contributed by atoms with Crippen LogP contribution >= 0.6 is 0 Å². The van der Waals surface area contributed by atoms with Crippen molar-refractivity contribution in [1.82, 2.24) is 10.6 Å². The summed E-state index contributed by atoms with van der Waals surface area (Å²) in [6, 6.07) is 5.47. The first-order valence-electron chi connectivity index (χ1n) is 12.3. The number of Topliss-reactive ketones (excluding diaryl/α,β-unsaturated/α-hetero) is 1. The van der Waals surface area contributed by atoms with Gasteiger partial charge in [-0.25, -0.2) is 4.79 Å². The first-order valence-corrected chi connectivity index (χ1v) is 12.3. The van der Waals surface area contributed by atoms with Crippen LogP contribution in [0.4, 0.5) is 10.5 Å². The quantitative estimate of drug-likeness (QED) is 0.350. The van der Waals surface area contributed by atoms with Crippen LogP contribution in [-0.4, -0.2) is 84.1 Å². The lowest BCUT2D eigenvalue weighted by Crippen LogP contribution is -2.53. The summed E-state index contributed by atoms with van der Waals surface area (Å²) < 4.78 is 10.7. The van der Waals surface area contributed by atoms with Crippen molar-refractivity contribution in [1.29, 1.82) is 0 Å². The number of hydrogen-bond acceptors (Lipinski definition) is 8. The third kappa shape index (κ3) is 7.73. The Morgan fingerprint density at radius 1 is 1.19 bits per heavy atom. The molecule has 3 rings (SSSR count). The molecule has 3 unspecified atom stereocenters. The molecule has 1 fully saturated rings. The van der Waals surface area contributed by atoms with E-state index in [0.29, 0.717) is 12.1 Å². The Morgan fingerprint density at radius 3 is 2.35 bits per heavy atom. The predicted octanol–water partition coefficient (Wildman–Crippen LogP) is 0.939. The van der Waals surface area contributed by atoms with Gasteiger partial charge in [0.25, 0.3) is 0 Å². The van der Waals surface area contributed by atoms with Crippen LogP contribution in [0.15, 0.2) is 24.3 Å². The van der Waals surface area contributed by atoms with E-state index in [1.54, 1.807) is 32.9 Å². The number of rotatable bonds is 9. The van der Waals surface area contributed by atoms with Crippen molar-refractivity contribution in [2.75, 3.05) is 31.8 Å². The fourth-order valence-corrected chi connectivity index (χ4v) is 4.08. The second-order valence-corrected chi connectivity index (χ2v) is 10.5. The summed E-state index contributed by atoms with van der Waals surface area (Å²) >= 11 is 0. The molecule has 3 amide bonds. The van der Waals surface area contributed by atoms with Crippen molar-refractivity contribution >= 4 is 29.4 Å². The molecular weight excluding hydrogens is 482 g/mol. The van der Waals surface area contributed by atoms with Crippen molar-refractivity contribution < 1.29 is 38.9 Å². The van der Waals surface area contributed by atoms with E-state index in [1.807, 2.05) is 26.0 Å². The predicted molar refractivity (Wildman–Crippen MR) is 136 cm³/mol. The van der Waals surface area contributed by atoms with Gasteiger partial charge in [-0.2, -0.15) is 0 Å². The Bertz CT molecular complexity index is 984. The molecule has 11 heteroatoms. The number of carbonyl (C=O) groups excluding carboxylic acids is 4. The van der Waals surface area contributed by atoms with Crippen molar-refractivity contribution in [2.45, 2.75) is 70.7 Å². The van der Waals surface area contributed by atoms with E-state index in [-0.39, 0.29) is 31.3 Å². The number of epoxide rings is 1. The number of nitrogens with one attached hydrogen (secondary N) is 2. The highest BCUT2D eigenvalue weighted by molar-refractivity contribution is 6.02. The third-order valence-corrected chi connectivity index (χ3v) is 5.85. The molecule has 37 heavy (non-hydrogen) atoms. The minimum absolute atomic E-state index is 0.104. The summed E-state index contributed by atoms with van der Waals surface area (Å²) in [5, 5.41) is 21.7. The Morgan fingerprint density at radius 2 is 1.81 bits per heavy atom. The molecule has 0 bridgehead atoms. The maximum Gasteiger partial charge on any atom is 0.415 e. The number of hydrogen-bond donors (Lipinski definition) is 4. The van der Waals surface area contributed by atoms with Crippen LogP contribution in [0.2, 0.25) is 0 Å². The molecule has 2 aliphatic heterocycles. The summed E-state index contributed by atoms with van der Waals surface area (Å²) in [5.74, 6) is -1.33. The maximum absolute atomic E-state index is 13.1. The van der Waals surface area contributed by atoms with Crippen LogP contribution in [0, 0.1) is 5.92 Å². The minimum Gasteiger partial charge on any atom is -0.443 e. The summed E-state index contributed by atoms with van der Waals surface area (Å²) in [5.41, 5.74) is -0.582. The molecule has 1 aromatic carbocycles. The van der Waals surface area contributed by atoms with Crippen LogP contribution in [0.1, 0.15) is 46.6 Å². The first-order chi connectivity index (χ1) is 17.4. The first kappa shape index (κ1) is 30.2. The number of fused-ring (bicyclic) bond motifs is 1. The van der Waals surface area contributed by atoms with Crippen LogP contribution in [0.3, 0.4) is 0 Å². The van der Waals surface area contributed by atoms with Gasteiger partial charge in [0, 0.05) is 13.5 Å². The molecule has 1 aromatic rings. The molecule has 0 spiro atoms. The summed E-state index contributed by atoms with van der Waals surface area (Å²) in [6.45, 7) is 8.36. The van der Waals surface area contributed by atoms with Gasteiger partial charge >= 0.3 is 6.09 Å². The molecule has 1 saturated heterocycles. The van der Waals surface area contributed by atoms with Gasteiger partial charge in [0.15, 0.2) is 11.4 Å². The van der Waals surface area contributed by atoms with Gasteiger partial charge in [0.05, 0.1) is 31.5 Å². The van der Waals surface area contributed by atoms with Gasteiger partial charge in [-0.15, -0.1) is 0 Å². The normalized spacial score (nSPS) is 20.8. The van der Waals surface area contributed by atoms with E-state index in [1.165, 1.54) is 4.90 Å². The van der Waals surface area contributed by atoms with Crippen molar-refractivity contribution in [3.05, 3.63) is 29.8 Å². The second-order valence-electron chi connectivity index (χ2n) is 10.5. The molecule has 0 aromatic heterocycles. The van der Waals surface area contributed by atoms with E-state index in [2.05, 4.69) is 10.6 Å². The number of para-hydroxylation sites is 1. The van der Waals surface area contributed by atoms with Crippen LogP contribution in [0.5, 0.6) is 0 Å². The number of carbonyl (C=O) groups is 4. The van der Waals surface area contributed by atoms with Gasteiger partial charge in [-0.05, 0) is 44.7 Å². The van der Waals surface area contributed by atoms with Crippen LogP contribution in [0.25, 0.3) is 0 Å². The number of nitrogens with zero attached hydrogens (tertiary/aromatic N) is 1. The molecule has 11 nitrogen and oxygen atoms in total. The van der Waals surface area contributed by atoms with E-state index < -0.39 is 47.8 Å². The molecule has 0 radical (unpaired) electrons. The number of aliphatic hydroxyl groups excluding tert-OH is 2. The average molecular weight is 522 g/mol. The van der Waals surface area contributed by atoms with E-state index in [0.717, 1.165) is 12.7 Å². The van der Waals surface area contributed by atoms with Crippen molar-refractivity contribution in [2.24, 2.45) is 5.92 Å². The molecule has 0 saturated carbocycles. The largest absolute Gasteiger partial charge is 0.443 e. The maximum atomic E-state index is 13.1. The Labute approximate surface area is 217 Å². The molecule has 0 aliphatic carbocycles.